The summed E-state index contributed by atoms with van der Waals surface area (Å²) in [5.41, 5.74) is 2.69. The number of nitrogens with one attached hydrogen (secondary N) is 2. The van der Waals surface area contributed by atoms with Gasteiger partial charge in [-0.15, -0.1) is 0 Å². The van der Waals surface area contributed by atoms with Gasteiger partial charge in [0.05, 0.1) is 6.04 Å². The number of amides is 1. The molecule has 0 spiro atoms. The number of aromatic amines is 1. The second-order valence-electron chi connectivity index (χ2n) is 5.52. The minimum Gasteiger partial charge on any atom is -0.345 e. The van der Waals surface area contributed by atoms with Crippen LogP contribution in [-0.2, 0) is 6.42 Å². The van der Waals surface area contributed by atoms with E-state index < -0.39 is 0 Å². The van der Waals surface area contributed by atoms with Gasteiger partial charge >= 0.3 is 0 Å². The number of benzene rings is 1. The van der Waals surface area contributed by atoms with Crippen molar-refractivity contribution >= 4 is 5.91 Å². The van der Waals surface area contributed by atoms with Gasteiger partial charge in [0.2, 0.25) is 0 Å². The van der Waals surface area contributed by atoms with Crippen molar-refractivity contribution in [1.29, 1.82) is 0 Å². The maximum Gasteiger partial charge on any atom is 0.261 e. The summed E-state index contributed by atoms with van der Waals surface area (Å²) in [6.45, 7) is 5.84. The summed E-state index contributed by atoms with van der Waals surface area (Å²) in [7, 11) is 0. The topological polar surface area (TPSA) is 62.0 Å². The van der Waals surface area contributed by atoms with Crippen molar-refractivity contribution in [2.24, 2.45) is 0 Å². The molecule has 2 N–H and O–H groups in total. The number of pyridine rings is 1. The number of carbonyl (C=O) groups is 1. The molecule has 22 heavy (non-hydrogen) atoms. The molecule has 2 aromatic rings. The van der Waals surface area contributed by atoms with E-state index in [1.165, 1.54) is 0 Å². The Balaban J connectivity index is 2.22. The lowest BCUT2D eigenvalue weighted by Gasteiger charge is -2.15. The lowest BCUT2D eigenvalue weighted by Crippen LogP contribution is -2.32. The van der Waals surface area contributed by atoms with Crippen LogP contribution >= 0.6 is 0 Å². The maximum atomic E-state index is 12.4. The van der Waals surface area contributed by atoms with E-state index in [1.807, 2.05) is 44.2 Å². The van der Waals surface area contributed by atoms with E-state index >= 15 is 0 Å². The van der Waals surface area contributed by atoms with E-state index in [0.717, 1.165) is 29.7 Å². The zero-order valence-electron chi connectivity index (χ0n) is 13.3. The van der Waals surface area contributed by atoms with Gasteiger partial charge in [0.25, 0.3) is 11.5 Å². The van der Waals surface area contributed by atoms with Crippen molar-refractivity contribution in [3.05, 3.63) is 69.1 Å². The number of aromatic nitrogens is 1. The van der Waals surface area contributed by atoms with E-state index in [0.29, 0.717) is 0 Å². The Bertz CT molecular complexity index is 705. The summed E-state index contributed by atoms with van der Waals surface area (Å²) in [5.74, 6) is -0.338. The molecule has 1 aromatic carbocycles. The summed E-state index contributed by atoms with van der Waals surface area (Å²) in [4.78, 5) is 27.2. The summed E-state index contributed by atoms with van der Waals surface area (Å²) in [5, 5.41) is 2.88. The molecule has 0 unspecified atom stereocenters. The van der Waals surface area contributed by atoms with Crippen molar-refractivity contribution in [3.63, 3.8) is 0 Å². The first kappa shape index (κ1) is 16.0. The molecule has 0 aliphatic heterocycles. The van der Waals surface area contributed by atoms with Crippen LogP contribution in [0.5, 0.6) is 0 Å². The van der Waals surface area contributed by atoms with Crippen LogP contribution in [0, 0.1) is 6.92 Å². The highest BCUT2D eigenvalue weighted by molar-refractivity contribution is 5.94. The van der Waals surface area contributed by atoms with Crippen molar-refractivity contribution < 1.29 is 4.79 Å². The number of H-pyrrole nitrogens is 1. The SMILES string of the molecule is CCCc1cc(C(=O)N[C@H](C)c2ccccc2)c(=O)[nH]c1C. The molecular weight excluding hydrogens is 276 g/mol. The highest BCUT2D eigenvalue weighted by Gasteiger charge is 2.16. The first-order chi connectivity index (χ1) is 10.5. The molecule has 4 nitrogen and oxygen atoms in total. The van der Waals surface area contributed by atoms with Crippen LogP contribution in [0.15, 0.2) is 41.2 Å². The molecule has 1 aromatic heterocycles. The van der Waals surface area contributed by atoms with Gasteiger partial charge in [0.1, 0.15) is 5.56 Å². The Morgan fingerprint density at radius 2 is 1.95 bits per heavy atom. The second-order valence-corrected chi connectivity index (χ2v) is 5.52. The Kier molecular flexibility index (Phi) is 5.15. The lowest BCUT2D eigenvalue weighted by molar-refractivity contribution is 0.0938. The molecule has 0 fully saturated rings. The molecule has 0 saturated carbocycles. The summed E-state index contributed by atoms with van der Waals surface area (Å²) < 4.78 is 0. The van der Waals surface area contributed by atoms with Gasteiger partial charge in [-0.05, 0) is 37.5 Å². The lowest BCUT2D eigenvalue weighted by atomic mass is 10.0. The number of aryl methyl sites for hydroxylation is 2. The molecule has 0 aliphatic rings. The maximum absolute atomic E-state index is 12.4. The van der Waals surface area contributed by atoms with Gasteiger partial charge in [0, 0.05) is 5.69 Å². The number of carbonyl (C=O) groups excluding carboxylic acids is 1. The molecule has 4 heteroatoms. The first-order valence-electron chi connectivity index (χ1n) is 7.61. The number of rotatable bonds is 5. The van der Waals surface area contributed by atoms with E-state index in [-0.39, 0.29) is 23.1 Å². The summed E-state index contributed by atoms with van der Waals surface area (Å²) >= 11 is 0. The predicted octanol–water partition coefficient (Wildman–Crippen LogP) is 3.13. The minimum absolute atomic E-state index is 0.149. The fourth-order valence-corrected chi connectivity index (χ4v) is 2.46. The molecule has 116 valence electrons. The second kappa shape index (κ2) is 7.07. The van der Waals surface area contributed by atoms with Crippen LogP contribution < -0.4 is 10.9 Å². The minimum atomic E-state index is -0.338. The average Bonchev–Trinajstić information content (AvgIpc) is 2.50. The van der Waals surface area contributed by atoms with E-state index in [2.05, 4.69) is 17.2 Å². The molecule has 1 atom stereocenters. The standard InChI is InChI=1S/C18H22N2O2/c1-4-8-15-11-16(18(22)20-13(15)3)17(21)19-12(2)14-9-6-5-7-10-14/h5-7,9-12H,4,8H2,1-3H3,(H,19,21)(H,20,22)/t12-/m1/s1. The summed E-state index contributed by atoms with van der Waals surface area (Å²) in [6, 6.07) is 11.2. The molecule has 1 amide bonds. The Labute approximate surface area is 130 Å². The molecule has 0 bridgehead atoms. The van der Waals surface area contributed by atoms with Crippen LogP contribution in [0.4, 0.5) is 0 Å². The zero-order chi connectivity index (χ0) is 16.1. The third-order valence-electron chi connectivity index (χ3n) is 3.76. The van der Waals surface area contributed by atoms with Gasteiger partial charge in [0.15, 0.2) is 0 Å². The zero-order valence-corrected chi connectivity index (χ0v) is 13.3. The fraction of sp³-hybridized carbons (Fsp3) is 0.333. The molecule has 0 saturated heterocycles. The van der Waals surface area contributed by atoms with Crippen molar-refractivity contribution in [2.75, 3.05) is 0 Å². The van der Waals surface area contributed by atoms with Gasteiger partial charge in [-0.25, -0.2) is 0 Å². The fourth-order valence-electron chi connectivity index (χ4n) is 2.46. The molecule has 0 radical (unpaired) electrons. The Hall–Kier alpha value is -2.36. The highest BCUT2D eigenvalue weighted by Crippen LogP contribution is 2.13. The van der Waals surface area contributed by atoms with Crippen molar-refractivity contribution in [2.45, 2.75) is 39.7 Å². The van der Waals surface area contributed by atoms with Crippen molar-refractivity contribution in [3.8, 4) is 0 Å². The van der Waals surface area contributed by atoms with E-state index in [4.69, 9.17) is 0 Å². The van der Waals surface area contributed by atoms with E-state index in [9.17, 15) is 9.59 Å². The van der Waals surface area contributed by atoms with Gasteiger partial charge in [-0.1, -0.05) is 43.7 Å². The Morgan fingerprint density at radius 3 is 2.59 bits per heavy atom. The molecular formula is C18H22N2O2. The smallest absolute Gasteiger partial charge is 0.261 e. The number of hydrogen-bond acceptors (Lipinski definition) is 2. The van der Waals surface area contributed by atoms with Crippen LogP contribution in [0.25, 0.3) is 0 Å². The third kappa shape index (κ3) is 3.64. The van der Waals surface area contributed by atoms with Crippen LogP contribution in [-0.4, -0.2) is 10.9 Å². The van der Waals surface area contributed by atoms with Gasteiger partial charge in [-0.2, -0.15) is 0 Å². The molecule has 1 heterocycles. The van der Waals surface area contributed by atoms with E-state index in [1.54, 1.807) is 6.07 Å². The third-order valence-corrected chi connectivity index (χ3v) is 3.76. The van der Waals surface area contributed by atoms with Crippen LogP contribution in [0.1, 0.15) is 53.5 Å². The largest absolute Gasteiger partial charge is 0.345 e. The first-order valence-corrected chi connectivity index (χ1v) is 7.61. The highest BCUT2D eigenvalue weighted by atomic mass is 16.2. The molecule has 0 aliphatic carbocycles. The monoisotopic (exact) mass is 298 g/mol. The van der Waals surface area contributed by atoms with Gasteiger partial charge in [-0.3, -0.25) is 9.59 Å². The number of hydrogen-bond donors (Lipinski definition) is 2. The predicted molar refractivity (Wildman–Crippen MR) is 88.1 cm³/mol. The quantitative estimate of drug-likeness (QED) is 0.891. The van der Waals surface area contributed by atoms with Crippen LogP contribution in [0.2, 0.25) is 0 Å². The summed E-state index contributed by atoms with van der Waals surface area (Å²) in [6.07, 6.45) is 1.81. The van der Waals surface area contributed by atoms with Crippen molar-refractivity contribution in [1.82, 2.24) is 10.3 Å². The average molecular weight is 298 g/mol. The molecule has 2 rings (SSSR count). The Morgan fingerprint density at radius 1 is 1.27 bits per heavy atom. The van der Waals surface area contributed by atoms with Crippen LogP contribution in [0.3, 0.4) is 0 Å². The van der Waals surface area contributed by atoms with Gasteiger partial charge < -0.3 is 10.3 Å². The normalized spacial score (nSPS) is 12.0.